The molecule has 0 aliphatic carbocycles. The van der Waals surface area contributed by atoms with Crippen LogP contribution in [0.2, 0.25) is 0 Å². The Hall–Kier alpha value is -3.38. The highest BCUT2D eigenvalue weighted by atomic mass is 19.1. The number of para-hydroxylation sites is 2. The summed E-state index contributed by atoms with van der Waals surface area (Å²) < 4.78 is 19.1. The zero-order valence-corrected chi connectivity index (χ0v) is 19.1. The first-order valence-electron chi connectivity index (χ1n) is 11.4. The van der Waals surface area contributed by atoms with E-state index in [1.165, 1.54) is 12.1 Å². The molecule has 1 aliphatic heterocycles. The average Bonchev–Trinajstić information content (AvgIpc) is 2.81. The maximum absolute atomic E-state index is 13.1. The molecule has 172 valence electrons. The number of hydrogen-bond donors (Lipinski definition) is 1. The second-order valence-electron chi connectivity index (χ2n) is 8.56. The average molecular weight is 448 g/mol. The van der Waals surface area contributed by atoms with Crippen molar-refractivity contribution in [3.8, 4) is 5.75 Å². The monoisotopic (exact) mass is 447 g/mol. The van der Waals surface area contributed by atoms with Crippen LogP contribution in [-0.4, -0.2) is 43.1 Å². The SMILES string of the molecule is CC(C)Oc1ccccc1N1CCN(Cc2cccc(C(=O)Nc3ccc(F)cc3)c2)CC1. The van der Waals surface area contributed by atoms with Crippen LogP contribution in [0.15, 0.2) is 72.8 Å². The van der Waals surface area contributed by atoms with Crippen molar-refractivity contribution in [2.45, 2.75) is 26.5 Å². The lowest BCUT2D eigenvalue weighted by atomic mass is 10.1. The van der Waals surface area contributed by atoms with Crippen LogP contribution in [0.1, 0.15) is 29.8 Å². The van der Waals surface area contributed by atoms with Crippen molar-refractivity contribution in [3.05, 3.63) is 89.7 Å². The Bertz CT molecular complexity index is 1080. The highest BCUT2D eigenvalue weighted by molar-refractivity contribution is 6.04. The molecule has 4 rings (SSSR count). The number of hydrogen-bond acceptors (Lipinski definition) is 4. The number of rotatable bonds is 7. The van der Waals surface area contributed by atoms with Crippen LogP contribution < -0.4 is 15.0 Å². The smallest absolute Gasteiger partial charge is 0.255 e. The number of nitrogens with one attached hydrogen (secondary N) is 1. The molecule has 3 aromatic rings. The quantitative estimate of drug-likeness (QED) is 0.542. The number of anilines is 2. The number of benzene rings is 3. The van der Waals surface area contributed by atoms with Crippen molar-refractivity contribution in [2.24, 2.45) is 0 Å². The largest absolute Gasteiger partial charge is 0.489 e. The highest BCUT2D eigenvalue weighted by Crippen LogP contribution is 2.30. The second kappa shape index (κ2) is 10.5. The van der Waals surface area contributed by atoms with E-state index in [0.717, 1.165) is 49.7 Å². The molecule has 1 saturated heterocycles. The molecule has 1 fully saturated rings. The Kier molecular flexibility index (Phi) is 7.25. The Morgan fingerprint density at radius 1 is 0.970 bits per heavy atom. The minimum absolute atomic E-state index is 0.139. The molecule has 1 amide bonds. The maximum Gasteiger partial charge on any atom is 0.255 e. The number of ether oxygens (including phenoxy) is 1. The van der Waals surface area contributed by atoms with Gasteiger partial charge in [-0.25, -0.2) is 4.39 Å². The summed E-state index contributed by atoms with van der Waals surface area (Å²) in [4.78, 5) is 17.4. The second-order valence-corrected chi connectivity index (χ2v) is 8.56. The summed E-state index contributed by atoms with van der Waals surface area (Å²) in [6, 6.07) is 21.7. The topological polar surface area (TPSA) is 44.8 Å². The van der Waals surface area contributed by atoms with Crippen molar-refractivity contribution in [3.63, 3.8) is 0 Å². The van der Waals surface area contributed by atoms with E-state index in [1.54, 1.807) is 18.2 Å². The Morgan fingerprint density at radius 2 is 1.70 bits per heavy atom. The molecule has 6 heteroatoms. The maximum atomic E-state index is 13.1. The Morgan fingerprint density at radius 3 is 2.42 bits per heavy atom. The van der Waals surface area contributed by atoms with Gasteiger partial charge in [0, 0.05) is 44.0 Å². The number of halogens is 1. The zero-order chi connectivity index (χ0) is 23.2. The van der Waals surface area contributed by atoms with E-state index in [1.807, 2.05) is 44.2 Å². The van der Waals surface area contributed by atoms with Crippen molar-refractivity contribution >= 4 is 17.3 Å². The first-order chi connectivity index (χ1) is 16.0. The fraction of sp³-hybridized carbons (Fsp3) is 0.296. The molecule has 0 aromatic heterocycles. The molecule has 1 heterocycles. The predicted molar refractivity (Wildman–Crippen MR) is 130 cm³/mol. The van der Waals surface area contributed by atoms with Gasteiger partial charge in [0.15, 0.2) is 0 Å². The molecule has 3 aromatic carbocycles. The van der Waals surface area contributed by atoms with Crippen molar-refractivity contribution in [2.75, 3.05) is 36.4 Å². The molecule has 1 N–H and O–H groups in total. The molecule has 0 unspecified atom stereocenters. The van der Waals surface area contributed by atoms with Crippen LogP contribution >= 0.6 is 0 Å². The van der Waals surface area contributed by atoms with E-state index in [2.05, 4.69) is 27.2 Å². The molecule has 0 saturated carbocycles. The first-order valence-corrected chi connectivity index (χ1v) is 11.4. The van der Waals surface area contributed by atoms with Crippen molar-refractivity contribution < 1.29 is 13.9 Å². The van der Waals surface area contributed by atoms with Gasteiger partial charge in [0.25, 0.3) is 5.91 Å². The standard InChI is InChI=1S/C27H30FN3O2/c1-20(2)33-26-9-4-3-8-25(26)31-16-14-30(15-17-31)19-21-6-5-7-22(18-21)27(32)29-24-12-10-23(28)11-13-24/h3-13,18,20H,14-17,19H2,1-2H3,(H,29,32). The van der Waals surface area contributed by atoms with E-state index in [0.29, 0.717) is 11.3 Å². The lowest BCUT2D eigenvalue weighted by Crippen LogP contribution is -2.46. The first kappa shape index (κ1) is 22.8. The van der Waals surface area contributed by atoms with Crippen molar-refractivity contribution in [1.82, 2.24) is 4.90 Å². The van der Waals surface area contributed by atoms with Crippen molar-refractivity contribution in [1.29, 1.82) is 0 Å². The summed E-state index contributed by atoms with van der Waals surface area (Å²) in [5, 5.41) is 2.82. The molecule has 1 aliphatic rings. The summed E-state index contributed by atoms with van der Waals surface area (Å²) in [6.45, 7) is 8.58. The third-order valence-corrected chi connectivity index (χ3v) is 5.64. The van der Waals surface area contributed by atoms with Gasteiger partial charge in [-0.15, -0.1) is 0 Å². The summed E-state index contributed by atoms with van der Waals surface area (Å²) >= 11 is 0. The molecule has 0 radical (unpaired) electrons. The van der Waals surface area contributed by atoms with E-state index in [-0.39, 0.29) is 17.8 Å². The molecular formula is C27H30FN3O2. The molecule has 0 spiro atoms. The summed E-state index contributed by atoms with van der Waals surface area (Å²) in [6.07, 6.45) is 0.139. The molecule has 0 bridgehead atoms. The van der Waals surface area contributed by atoms with E-state index < -0.39 is 0 Å². The fourth-order valence-corrected chi connectivity index (χ4v) is 4.02. The molecular weight excluding hydrogens is 417 g/mol. The van der Waals surface area contributed by atoms with E-state index in [9.17, 15) is 9.18 Å². The fourth-order valence-electron chi connectivity index (χ4n) is 4.02. The van der Waals surface area contributed by atoms with Gasteiger partial charge in [0.05, 0.1) is 11.8 Å². The van der Waals surface area contributed by atoms with Gasteiger partial charge < -0.3 is 15.0 Å². The number of carbonyl (C=O) groups is 1. The summed E-state index contributed by atoms with van der Waals surface area (Å²) in [5.41, 5.74) is 3.41. The highest BCUT2D eigenvalue weighted by Gasteiger charge is 2.20. The van der Waals surface area contributed by atoms with Gasteiger partial charge in [0.2, 0.25) is 0 Å². The summed E-state index contributed by atoms with van der Waals surface area (Å²) in [7, 11) is 0. The lowest BCUT2D eigenvalue weighted by Gasteiger charge is -2.37. The van der Waals surface area contributed by atoms with Crippen LogP contribution in [0.4, 0.5) is 15.8 Å². The molecule has 5 nitrogen and oxygen atoms in total. The lowest BCUT2D eigenvalue weighted by molar-refractivity contribution is 0.102. The Labute approximate surface area is 194 Å². The van der Waals surface area contributed by atoms with Gasteiger partial charge in [-0.1, -0.05) is 24.3 Å². The van der Waals surface area contributed by atoms with Crippen LogP contribution in [0, 0.1) is 5.82 Å². The van der Waals surface area contributed by atoms with Gasteiger partial charge >= 0.3 is 0 Å². The van der Waals surface area contributed by atoms with E-state index >= 15 is 0 Å². The van der Waals surface area contributed by atoms with E-state index in [4.69, 9.17) is 4.74 Å². The van der Waals surface area contributed by atoms with Crippen LogP contribution in [0.5, 0.6) is 5.75 Å². The van der Waals surface area contributed by atoms with Gasteiger partial charge in [0.1, 0.15) is 11.6 Å². The number of piperazine rings is 1. The summed E-state index contributed by atoms with van der Waals surface area (Å²) in [5.74, 6) is 0.405. The third-order valence-electron chi connectivity index (χ3n) is 5.64. The number of nitrogens with zero attached hydrogens (tertiary/aromatic N) is 2. The minimum Gasteiger partial charge on any atom is -0.489 e. The van der Waals surface area contributed by atoms with Gasteiger partial charge in [-0.3, -0.25) is 9.69 Å². The number of amides is 1. The number of carbonyl (C=O) groups excluding carboxylic acids is 1. The Balaban J connectivity index is 1.35. The van der Waals surface area contributed by atoms with Crippen LogP contribution in [-0.2, 0) is 6.54 Å². The zero-order valence-electron chi connectivity index (χ0n) is 19.1. The molecule has 33 heavy (non-hydrogen) atoms. The van der Waals surface area contributed by atoms with Crippen LogP contribution in [0.25, 0.3) is 0 Å². The molecule has 0 atom stereocenters. The van der Waals surface area contributed by atoms with Crippen LogP contribution in [0.3, 0.4) is 0 Å². The third kappa shape index (κ3) is 6.11. The normalized spacial score (nSPS) is 14.4. The predicted octanol–water partition coefficient (Wildman–Crippen LogP) is 5.19. The van der Waals surface area contributed by atoms with Gasteiger partial charge in [-0.05, 0) is 67.9 Å². The van der Waals surface area contributed by atoms with Gasteiger partial charge in [-0.2, -0.15) is 0 Å². The minimum atomic E-state index is -0.328.